The molecule has 1 aromatic carbocycles. The van der Waals surface area contributed by atoms with Gasteiger partial charge in [-0.1, -0.05) is 23.4 Å². The van der Waals surface area contributed by atoms with E-state index < -0.39 is 6.10 Å². The van der Waals surface area contributed by atoms with Crippen LogP contribution < -0.4 is 10.6 Å². The van der Waals surface area contributed by atoms with E-state index in [1.54, 1.807) is 36.0 Å². The van der Waals surface area contributed by atoms with Crippen molar-refractivity contribution in [3.05, 3.63) is 41.7 Å². The Morgan fingerprint density at radius 2 is 2.24 bits per heavy atom. The van der Waals surface area contributed by atoms with E-state index in [0.29, 0.717) is 11.3 Å². The minimum atomic E-state index is -0.654. The number of amides is 1. The van der Waals surface area contributed by atoms with Gasteiger partial charge in [-0.3, -0.25) is 4.79 Å². The standard InChI is InChI=1S/C14H17N5O2/c1-9(20)11-4-2-3-5-12(11)16-14(21)13-8-19(18-17-13)10-6-15-7-10/h2-5,8-10,15,20H,6-7H2,1H3,(H,16,21). The number of para-hydroxylation sites is 1. The largest absolute Gasteiger partial charge is 0.389 e. The molecule has 7 nitrogen and oxygen atoms in total. The van der Waals surface area contributed by atoms with Crippen molar-refractivity contribution in [3.8, 4) is 0 Å². The van der Waals surface area contributed by atoms with Gasteiger partial charge in [0.15, 0.2) is 5.69 Å². The molecule has 21 heavy (non-hydrogen) atoms. The molecule has 1 saturated heterocycles. The van der Waals surface area contributed by atoms with Crippen molar-refractivity contribution in [1.29, 1.82) is 0 Å². The van der Waals surface area contributed by atoms with E-state index in [-0.39, 0.29) is 17.6 Å². The molecule has 0 aliphatic carbocycles. The topological polar surface area (TPSA) is 92.1 Å². The lowest BCUT2D eigenvalue weighted by atomic mass is 10.1. The third-order valence-electron chi connectivity index (χ3n) is 3.54. The van der Waals surface area contributed by atoms with Gasteiger partial charge < -0.3 is 15.7 Å². The first-order valence-corrected chi connectivity index (χ1v) is 6.86. The van der Waals surface area contributed by atoms with Gasteiger partial charge in [-0.05, 0) is 13.0 Å². The lowest BCUT2D eigenvalue weighted by Gasteiger charge is -2.26. The highest BCUT2D eigenvalue weighted by Crippen LogP contribution is 2.22. The quantitative estimate of drug-likeness (QED) is 0.771. The van der Waals surface area contributed by atoms with Crippen LogP contribution in [0.15, 0.2) is 30.5 Å². The highest BCUT2D eigenvalue weighted by atomic mass is 16.3. The van der Waals surface area contributed by atoms with Crippen LogP contribution in [0.25, 0.3) is 0 Å². The van der Waals surface area contributed by atoms with Gasteiger partial charge in [-0.2, -0.15) is 0 Å². The summed E-state index contributed by atoms with van der Waals surface area (Å²) < 4.78 is 1.70. The summed E-state index contributed by atoms with van der Waals surface area (Å²) in [6.45, 7) is 3.34. The Morgan fingerprint density at radius 1 is 1.48 bits per heavy atom. The number of benzene rings is 1. The normalized spacial score (nSPS) is 16.3. The molecule has 7 heteroatoms. The summed E-state index contributed by atoms with van der Waals surface area (Å²) in [6, 6.07) is 7.41. The van der Waals surface area contributed by atoms with Crippen LogP contribution in [0.3, 0.4) is 0 Å². The first-order chi connectivity index (χ1) is 10.1. The van der Waals surface area contributed by atoms with E-state index in [0.717, 1.165) is 13.1 Å². The number of hydrogen-bond donors (Lipinski definition) is 3. The van der Waals surface area contributed by atoms with Crippen LogP contribution in [-0.2, 0) is 0 Å². The van der Waals surface area contributed by atoms with Crippen molar-refractivity contribution < 1.29 is 9.90 Å². The van der Waals surface area contributed by atoms with E-state index in [9.17, 15) is 9.90 Å². The molecule has 0 spiro atoms. The van der Waals surface area contributed by atoms with E-state index in [1.807, 2.05) is 6.07 Å². The molecule has 2 heterocycles. The molecular weight excluding hydrogens is 270 g/mol. The van der Waals surface area contributed by atoms with Gasteiger partial charge >= 0.3 is 0 Å². The fourth-order valence-electron chi connectivity index (χ4n) is 2.18. The number of hydrogen-bond acceptors (Lipinski definition) is 5. The zero-order chi connectivity index (χ0) is 14.8. The molecule has 110 valence electrons. The van der Waals surface area contributed by atoms with Crippen LogP contribution in [0.5, 0.6) is 0 Å². The summed E-state index contributed by atoms with van der Waals surface area (Å²) in [5.74, 6) is -0.332. The maximum Gasteiger partial charge on any atom is 0.277 e. The number of carbonyl (C=O) groups is 1. The third-order valence-corrected chi connectivity index (χ3v) is 3.54. The number of aromatic nitrogens is 3. The summed E-state index contributed by atoms with van der Waals surface area (Å²) in [7, 11) is 0. The zero-order valence-electron chi connectivity index (χ0n) is 11.7. The number of anilines is 1. The highest BCUT2D eigenvalue weighted by molar-refractivity contribution is 6.03. The molecule has 1 atom stereocenters. The van der Waals surface area contributed by atoms with Crippen LogP contribution >= 0.6 is 0 Å². The van der Waals surface area contributed by atoms with Crippen molar-refractivity contribution in [1.82, 2.24) is 20.3 Å². The third kappa shape index (κ3) is 2.79. The van der Waals surface area contributed by atoms with Gasteiger partial charge in [0.25, 0.3) is 5.91 Å². The zero-order valence-corrected chi connectivity index (χ0v) is 11.7. The molecule has 3 rings (SSSR count). The molecular formula is C14H17N5O2. The number of aliphatic hydroxyl groups is 1. The number of carbonyl (C=O) groups excluding carboxylic acids is 1. The summed E-state index contributed by atoms with van der Waals surface area (Å²) >= 11 is 0. The Hall–Kier alpha value is -2.25. The van der Waals surface area contributed by atoms with Crippen molar-refractivity contribution in [2.24, 2.45) is 0 Å². The lowest BCUT2D eigenvalue weighted by molar-refractivity contribution is 0.102. The van der Waals surface area contributed by atoms with Gasteiger partial charge in [-0.15, -0.1) is 5.10 Å². The molecule has 0 radical (unpaired) electrons. The molecule has 0 saturated carbocycles. The first-order valence-electron chi connectivity index (χ1n) is 6.86. The Kier molecular flexibility index (Phi) is 3.68. The molecule has 1 unspecified atom stereocenters. The van der Waals surface area contributed by atoms with Crippen molar-refractivity contribution in [2.75, 3.05) is 18.4 Å². The second-order valence-electron chi connectivity index (χ2n) is 5.11. The summed E-state index contributed by atoms with van der Waals surface area (Å²) in [4.78, 5) is 12.2. The minimum absolute atomic E-state index is 0.266. The fourth-order valence-corrected chi connectivity index (χ4v) is 2.18. The lowest BCUT2D eigenvalue weighted by Crippen LogP contribution is -2.43. The van der Waals surface area contributed by atoms with E-state index in [4.69, 9.17) is 0 Å². The predicted molar refractivity (Wildman–Crippen MR) is 77.0 cm³/mol. The van der Waals surface area contributed by atoms with Gasteiger partial charge in [0.05, 0.1) is 18.3 Å². The monoisotopic (exact) mass is 287 g/mol. The summed E-state index contributed by atoms with van der Waals surface area (Å²) in [6.07, 6.45) is 0.990. The maximum absolute atomic E-state index is 12.2. The van der Waals surface area contributed by atoms with Gasteiger partial charge in [0, 0.05) is 24.3 Å². The molecule has 1 aliphatic rings. The molecule has 1 amide bonds. The van der Waals surface area contributed by atoms with Crippen LogP contribution in [0.1, 0.15) is 35.1 Å². The van der Waals surface area contributed by atoms with Crippen LogP contribution in [0.4, 0.5) is 5.69 Å². The predicted octanol–water partition coefficient (Wildman–Crippen LogP) is 0.728. The van der Waals surface area contributed by atoms with Crippen molar-refractivity contribution in [2.45, 2.75) is 19.1 Å². The maximum atomic E-state index is 12.2. The molecule has 1 fully saturated rings. The Bertz CT molecular complexity index is 648. The smallest absolute Gasteiger partial charge is 0.277 e. The molecule has 0 bridgehead atoms. The molecule has 1 aromatic heterocycles. The van der Waals surface area contributed by atoms with Gasteiger partial charge in [0.2, 0.25) is 0 Å². The van der Waals surface area contributed by atoms with Crippen molar-refractivity contribution in [3.63, 3.8) is 0 Å². The Morgan fingerprint density at radius 3 is 2.90 bits per heavy atom. The van der Waals surface area contributed by atoms with Crippen LogP contribution in [0, 0.1) is 0 Å². The van der Waals surface area contributed by atoms with E-state index in [1.165, 1.54) is 0 Å². The first kappa shape index (κ1) is 13.7. The Labute approximate surface area is 122 Å². The van der Waals surface area contributed by atoms with Gasteiger partial charge in [0.1, 0.15) is 0 Å². The second-order valence-corrected chi connectivity index (χ2v) is 5.11. The molecule has 2 aromatic rings. The van der Waals surface area contributed by atoms with Crippen molar-refractivity contribution >= 4 is 11.6 Å². The SMILES string of the molecule is CC(O)c1ccccc1NC(=O)c1cn(C2CNC2)nn1. The second kappa shape index (κ2) is 5.63. The molecule has 3 N–H and O–H groups in total. The van der Waals surface area contributed by atoms with Crippen LogP contribution in [-0.4, -0.2) is 39.1 Å². The summed E-state index contributed by atoms with van der Waals surface area (Å²) in [5, 5.41) is 23.5. The van der Waals surface area contributed by atoms with Crippen LogP contribution in [0.2, 0.25) is 0 Å². The number of aliphatic hydroxyl groups excluding tert-OH is 1. The highest BCUT2D eigenvalue weighted by Gasteiger charge is 2.22. The number of rotatable bonds is 4. The Balaban J connectivity index is 1.75. The molecule has 1 aliphatic heterocycles. The van der Waals surface area contributed by atoms with E-state index in [2.05, 4.69) is 20.9 Å². The minimum Gasteiger partial charge on any atom is -0.389 e. The average molecular weight is 287 g/mol. The number of nitrogens with zero attached hydrogens (tertiary/aromatic N) is 3. The average Bonchev–Trinajstić information content (AvgIpc) is 2.86. The number of nitrogens with one attached hydrogen (secondary N) is 2. The fraction of sp³-hybridized carbons (Fsp3) is 0.357. The van der Waals surface area contributed by atoms with Gasteiger partial charge in [-0.25, -0.2) is 4.68 Å². The summed E-state index contributed by atoms with van der Waals surface area (Å²) in [5.41, 5.74) is 1.51. The van der Waals surface area contributed by atoms with E-state index >= 15 is 0 Å².